The van der Waals surface area contributed by atoms with Crippen LogP contribution in [-0.2, 0) is 6.18 Å². The topological polar surface area (TPSA) is 30.7 Å². The Labute approximate surface area is 83.1 Å². The van der Waals surface area contributed by atoms with Crippen LogP contribution in [0.25, 0.3) is 5.69 Å². The van der Waals surface area contributed by atoms with E-state index in [2.05, 4.69) is 10.2 Å². The first-order chi connectivity index (χ1) is 7.07. The van der Waals surface area contributed by atoms with Crippen molar-refractivity contribution in [2.24, 2.45) is 0 Å². The van der Waals surface area contributed by atoms with Gasteiger partial charge in [-0.15, -0.1) is 0 Å². The third kappa shape index (κ3) is 1.98. The molecule has 0 aliphatic rings. The van der Waals surface area contributed by atoms with Crippen LogP contribution in [0.3, 0.4) is 0 Å². The van der Waals surface area contributed by atoms with Crippen molar-refractivity contribution in [2.75, 3.05) is 0 Å². The Balaban J connectivity index is 2.33. The second kappa shape index (κ2) is 3.38. The Morgan fingerprint density at radius 1 is 0.933 bits per heavy atom. The SMILES string of the molecule is FC(F)(F)c1ccc(-n2nccn2)cc1. The number of halogens is 3. The summed E-state index contributed by atoms with van der Waals surface area (Å²) in [6, 6.07) is 4.64. The van der Waals surface area contributed by atoms with Gasteiger partial charge in [-0.05, 0) is 24.3 Å². The zero-order valence-corrected chi connectivity index (χ0v) is 7.44. The highest BCUT2D eigenvalue weighted by atomic mass is 19.4. The van der Waals surface area contributed by atoms with Gasteiger partial charge in [0.15, 0.2) is 0 Å². The Kier molecular flexibility index (Phi) is 2.18. The summed E-state index contributed by atoms with van der Waals surface area (Å²) in [5, 5.41) is 7.61. The van der Waals surface area contributed by atoms with Gasteiger partial charge in [0, 0.05) is 0 Å². The number of benzene rings is 1. The van der Waals surface area contributed by atoms with Crippen molar-refractivity contribution in [1.82, 2.24) is 15.0 Å². The molecule has 0 atom stereocenters. The standard InChI is InChI=1S/C9H6F3N3/c10-9(11,12)7-1-3-8(4-2-7)15-13-5-6-14-15/h1-6H. The van der Waals surface area contributed by atoms with Gasteiger partial charge in [-0.2, -0.15) is 28.2 Å². The lowest BCUT2D eigenvalue weighted by molar-refractivity contribution is -0.137. The predicted molar refractivity (Wildman–Crippen MR) is 46.4 cm³/mol. The van der Waals surface area contributed by atoms with Gasteiger partial charge < -0.3 is 0 Å². The minimum absolute atomic E-state index is 0.494. The molecule has 0 aliphatic carbocycles. The van der Waals surface area contributed by atoms with Crippen LogP contribution >= 0.6 is 0 Å². The third-order valence-electron chi connectivity index (χ3n) is 1.84. The normalized spacial score (nSPS) is 11.7. The quantitative estimate of drug-likeness (QED) is 0.727. The van der Waals surface area contributed by atoms with Crippen molar-refractivity contribution in [3.05, 3.63) is 42.2 Å². The van der Waals surface area contributed by atoms with Crippen LogP contribution in [0.15, 0.2) is 36.7 Å². The fourth-order valence-electron chi connectivity index (χ4n) is 1.13. The Hall–Kier alpha value is -1.85. The van der Waals surface area contributed by atoms with E-state index in [1.807, 2.05) is 0 Å². The van der Waals surface area contributed by atoms with Crippen molar-refractivity contribution < 1.29 is 13.2 Å². The average molecular weight is 213 g/mol. The monoisotopic (exact) mass is 213 g/mol. The molecule has 0 fully saturated rings. The lowest BCUT2D eigenvalue weighted by Gasteiger charge is -2.06. The molecule has 0 bridgehead atoms. The molecule has 1 aromatic carbocycles. The highest BCUT2D eigenvalue weighted by molar-refractivity contribution is 5.33. The van der Waals surface area contributed by atoms with Crippen molar-refractivity contribution >= 4 is 0 Å². The summed E-state index contributed by atoms with van der Waals surface area (Å²) in [5.74, 6) is 0. The summed E-state index contributed by atoms with van der Waals surface area (Å²) in [6.45, 7) is 0. The van der Waals surface area contributed by atoms with E-state index < -0.39 is 11.7 Å². The molecule has 0 amide bonds. The zero-order valence-electron chi connectivity index (χ0n) is 7.44. The second-order valence-corrected chi connectivity index (χ2v) is 2.86. The van der Waals surface area contributed by atoms with Crippen molar-refractivity contribution in [3.8, 4) is 5.69 Å². The summed E-state index contributed by atoms with van der Waals surface area (Å²) in [5.41, 5.74) is -0.189. The van der Waals surface area contributed by atoms with Gasteiger partial charge in [-0.1, -0.05) is 0 Å². The Morgan fingerprint density at radius 3 is 1.93 bits per heavy atom. The third-order valence-corrected chi connectivity index (χ3v) is 1.84. The van der Waals surface area contributed by atoms with E-state index in [1.165, 1.54) is 29.3 Å². The zero-order chi connectivity index (χ0) is 10.9. The Morgan fingerprint density at radius 2 is 1.47 bits per heavy atom. The number of hydrogen-bond donors (Lipinski definition) is 0. The molecule has 0 spiro atoms. The summed E-state index contributed by atoms with van der Waals surface area (Å²) in [4.78, 5) is 1.25. The smallest absolute Gasteiger partial charge is 0.166 e. The number of nitrogens with zero attached hydrogens (tertiary/aromatic N) is 3. The van der Waals surface area contributed by atoms with Crippen LogP contribution < -0.4 is 0 Å². The van der Waals surface area contributed by atoms with Gasteiger partial charge in [0.1, 0.15) is 0 Å². The molecule has 78 valence electrons. The summed E-state index contributed by atoms with van der Waals surface area (Å²) in [7, 11) is 0. The number of alkyl halides is 3. The molecule has 3 nitrogen and oxygen atoms in total. The maximum Gasteiger partial charge on any atom is 0.416 e. The van der Waals surface area contributed by atoms with Gasteiger partial charge in [0.2, 0.25) is 0 Å². The van der Waals surface area contributed by atoms with E-state index in [-0.39, 0.29) is 0 Å². The van der Waals surface area contributed by atoms with Gasteiger partial charge in [-0.25, -0.2) is 0 Å². The first-order valence-corrected chi connectivity index (χ1v) is 4.11. The van der Waals surface area contributed by atoms with E-state index in [0.29, 0.717) is 5.69 Å². The molecule has 1 heterocycles. The molecular formula is C9H6F3N3. The van der Waals surface area contributed by atoms with E-state index >= 15 is 0 Å². The molecule has 0 unspecified atom stereocenters. The minimum Gasteiger partial charge on any atom is -0.166 e. The molecule has 0 saturated carbocycles. The van der Waals surface area contributed by atoms with Crippen LogP contribution in [0.1, 0.15) is 5.56 Å². The maximum atomic E-state index is 12.2. The minimum atomic E-state index is -4.31. The number of rotatable bonds is 1. The Bertz CT molecular complexity index is 431. The molecule has 0 aliphatic heterocycles. The first-order valence-electron chi connectivity index (χ1n) is 4.11. The highest BCUT2D eigenvalue weighted by Crippen LogP contribution is 2.29. The first kappa shape index (κ1) is 9.70. The summed E-state index contributed by atoms with van der Waals surface area (Å²) < 4.78 is 36.7. The van der Waals surface area contributed by atoms with E-state index in [4.69, 9.17) is 0 Å². The molecule has 2 rings (SSSR count). The summed E-state index contributed by atoms with van der Waals surface area (Å²) in [6.07, 6.45) is -1.40. The molecule has 0 N–H and O–H groups in total. The lowest BCUT2D eigenvalue weighted by Crippen LogP contribution is -2.05. The van der Waals surface area contributed by atoms with Crippen LogP contribution in [-0.4, -0.2) is 15.0 Å². The summed E-state index contributed by atoms with van der Waals surface area (Å²) >= 11 is 0. The van der Waals surface area contributed by atoms with E-state index in [1.54, 1.807) is 0 Å². The van der Waals surface area contributed by atoms with Gasteiger partial charge in [0.05, 0.1) is 23.6 Å². The van der Waals surface area contributed by atoms with Crippen LogP contribution in [0.4, 0.5) is 13.2 Å². The molecule has 0 saturated heterocycles. The van der Waals surface area contributed by atoms with E-state index in [9.17, 15) is 13.2 Å². The van der Waals surface area contributed by atoms with Crippen LogP contribution in [0.5, 0.6) is 0 Å². The fourth-order valence-corrected chi connectivity index (χ4v) is 1.13. The second-order valence-electron chi connectivity index (χ2n) is 2.86. The number of aromatic nitrogens is 3. The molecule has 6 heteroatoms. The predicted octanol–water partition coefficient (Wildman–Crippen LogP) is 2.29. The fraction of sp³-hybridized carbons (Fsp3) is 0.111. The van der Waals surface area contributed by atoms with Crippen molar-refractivity contribution in [2.45, 2.75) is 6.18 Å². The maximum absolute atomic E-state index is 12.2. The van der Waals surface area contributed by atoms with Crippen molar-refractivity contribution in [3.63, 3.8) is 0 Å². The van der Waals surface area contributed by atoms with Gasteiger partial charge in [0.25, 0.3) is 0 Å². The number of hydrogen-bond acceptors (Lipinski definition) is 2. The van der Waals surface area contributed by atoms with Crippen LogP contribution in [0, 0.1) is 0 Å². The molecular weight excluding hydrogens is 207 g/mol. The average Bonchev–Trinajstić information content (AvgIpc) is 2.69. The molecule has 2 aromatic rings. The van der Waals surface area contributed by atoms with Crippen molar-refractivity contribution in [1.29, 1.82) is 0 Å². The van der Waals surface area contributed by atoms with E-state index in [0.717, 1.165) is 12.1 Å². The highest BCUT2D eigenvalue weighted by Gasteiger charge is 2.29. The molecule has 1 aromatic heterocycles. The lowest BCUT2D eigenvalue weighted by atomic mass is 10.2. The van der Waals surface area contributed by atoms with Gasteiger partial charge in [-0.3, -0.25) is 0 Å². The molecule has 15 heavy (non-hydrogen) atoms. The largest absolute Gasteiger partial charge is 0.416 e. The van der Waals surface area contributed by atoms with Crippen LogP contribution in [0.2, 0.25) is 0 Å². The van der Waals surface area contributed by atoms with Gasteiger partial charge >= 0.3 is 6.18 Å². The molecule has 0 radical (unpaired) electrons.